The van der Waals surface area contributed by atoms with Crippen molar-refractivity contribution < 1.29 is 23.9 Å². The summed E-state index contributed by atoms with van der Waals surface area (Å²) in [5.41, 5.74) is 3.21. The van der Waals surface area contributed by atoms with Gasteiger partial charge in [-0.05, 0) is 35.4 Å². The zero-order valence-corrected chi connectivity index (χ0v) is 19.3. The zero-order chi connectivity index (χ0) is 24.5. The van der Waals surface area contributed by atoms with Gasteiger partial charge in [-0.2, -0.15) is 5.10 Å². The van der Waals surface area contributed by atoms with Crippen molar-refractivity contribution >= 4 is 29.0 Å². The lowest BCUT2D eigenvalue weighted by molar-refractivity contribution is -0.132. The number of ether oxygens (including phenoxy) is 2. The molecule has 2 aliphatic rings. The number of Topliss-reactive ketones (excluding diaryl/α,β-unsaturated/α-hetero) is 1. The first-order valence-electron chi connectivity index (χ1n) is 11.1. The fraction of sp³-hybridized carbons (Fsp3) is 0.185. The first-order chi connectivity index (χ1) is 17.0. The fourth-order valence-corrected chi connectivity index (χ4v) is 4.48. The normalized spacial score (nSPS) is 16.9. The Morgan fingerprint density at radius 3 is 2.40 bits per heavy atom. The molecule has 1 atom stereocenters. The number of hydrazone groups is 1. The van der Waals surface area contributed by atoms with Crippen LogP contribution >= 0.6 is 0 Å². The van der Waals surface area contributed by atoms with Gasteiger partial charge in [-0.25, -0.2) is 5.01 Å². The fourth-order valence-electron chi connectivity index (χ4n) is 4.48. The third-order valence-electron chi connectivity index (χ3n) is 6.24. The maximum Gasteiger partial charge on any atom is 0.299 e. The number of amides is 2. The summed E-state index contributed by atoms with van der Waals surface area (Å²) >= 11 is 0. The molecule has 2 heterocycles. The van der Waals surface area contributed by atoms with E-state index in [9.17, 15) is 14.4 Å². The summed E-state index contributed by atoms with van der Waals surface area (Å²) < 4.78 is 10.8. The van der Waals surface area contributed by atoms with Gasteiger partial charge in [0.15, 0.2) is 11.5 Å². The molecule has 2 amide bonds. The predicted molar refractivity (Wildman–Crippen MR) is 130 cm³/mol. The SMILES string of the molecule is COc1ccc(C2CC(c3ccccc3)=NN2C(=O)CN2C(=O)C(=O)c3ccccc32)cc1OC. The van der Waals surface area contributed by atoms with E-state index < -0.39 is 23.6 Å². The van der Waals surface area contributed by atoms with Gasteiger partial charge >= 0.3 is 0 Å². The Labute approximate surface area is 202 Å². The number of fused-ring (bicyclic) bond motifs is 1. The van der Waals surface area contributed by atoms with Gasteiger partial charge in [0.1, 0.15) is 6.54 Å². The summed E-state index contributed by atoms with van der Waals surface area (Å²) in [6, 6.07) is 21.4. The number of carbonyl (C=O) groups is 3. The molecule has 0 aliphatic carbocycles. The lowest BCUT2D eigenvalue weighted by atomic mass is 9.98. The van der Waals surface area contributed by atoms with Gasteiger partial charge in [0, 0.05) is 6.42 Å². The lowest BCUT2D eigenvalue weighted by Crippen LogP contribution is -2.40. The second kappa shape index (κ2) is 9.06. The Kier molecular flexibility index (Phi) is 5.78. The van der Waals surface area contributed by atoms with Gasteiger partial charge in [0.2, 0.25) is 0 Å². The van der Waals surface area contributed by atoms with Crippen molar-refractivity contribution in [1.29, 1.82) is 0 Å². The van der Waals surface area contributed by atoms with Gasteiger partial charge in [-0.3, -0.25) is 19.3 Å². The molecule has 2 aliphatic heterocycles. The first kappa shape index (κ1) is 22.3. The number of carbonyl (C=O) groups excluding carboxylic acids is 3. The summed E-state index contributed by atoms with van der Waals surface area (Å²) in [5.74, 6) is -0.601. The average Bonchev–Trinajstić information content (AvgIpc) is 3.45. The molecule has 35 heavy (non-hydrogen) atoms. The number of hydrogen-bond donors (Lipinski definition) is 0. The smallest absolute Gasteiger partial charge is 0.299 e. The largest absolute Gasteiger partial charge is 0.493 e. The minimum absolute atomic E-state index is 0.295. The van der Waals surface area contributed by atoms with E-state index in [1.165, 1.54) is 9.91 Å². The number of rotatable bonds is 6. The van der Waals surface area contributed by atoms with Gasteiger partial charge < -0.3 is 9.47 Å². The summed E-state index contributed by atoms with van der Waals surface area (Å²) in [5, 5.41) is 6.07. The number of nitrogens with zero attached hydrogens (tertiary/aromatic N) is 3. The lowest BCUT2D eigenvalue weighted by Gasteiger charge is -2.25. The highest BCUT2D eigenvalue weighted by Crippen LogP contribution is 2.38. The molecule has 3 aromatic carbocycles. The van der Waals surface area contributed by atoms with Gasteiger partial charge in [0.05, 0.1) is 37.2 Å². The van der Waals surface area contributed by atoms with E-state index in [1.807, 2.05) is 42.5 Å². The summed E-state index contributed by atoms with van der Waals surface area (Å²) in [4.78, 5) is 39.8. The van der Waals surface area contributed by atoms with Crippen LogP contribution in [0, 0.1) is 0 Å². The number of benzene rings is 3. The molecule has 0 spiro atoms. The zero-order valence-electron chi connectivity index (χ0n) is 19.3. The van der Waals surface area contributed by atoms with Crippen LogP contribution in [-0.4, -0.2) is 49.1 Å². The molecule has 0 bridgehead atoms. The van der Waals surface area contributed by atoms with E-state index in [2.05, 4.69) is 5.10 Å². The standard InChI is InChI=1S/C27H23N3O5/c1-34-23-13-12-18(14-24(23)35-2)22-15-20(17-8-4-3-5-9-17)28-30(22)25(31)16-29-21-11-7-6-10-19(21)26(32)27(29)33/h3-14,22H,15-16H2,1-2H3. The van der Waals surface area contributed by atoms with Gasteiger partial charge in [-0.1, -0.05) is 48.5 Å². The topological polar surface area (TPSA) is 88.5 Å². The van der Waals surface area contributed by atoms with Crippen molar-refractivity contribution in [3.63, 3.8) is 0 Å². The van der Waals surface area contributed by atoms with Crippen LogP contribution in [0.3, 0.4) is 0 Å². The minimum atomic E-state index is -0.714. The molecular formula is C27H23N3O5. The van der Waals surface area contributed by atoms with E-state index >= 15 is 0 Å². The Hall–Kier alpha value is -4.46. The first-order valence-corrected chi connectivity index (χ1v) is 11.1. The highest BCUT2D eigenvalue weighted by atomic mass is 16.5. The third kappa shape index (κ3) is 3.93. The second-order valence-electron chi connectivity index (χ2n) is 8.22. The molecule has 3 aromatic rings. The van der Waals surface area contributed by atoms with Crippen LogP contribution in [-0.2, 0) is 9.59 Å². The highest BCUT2D eigenvalue weighted by molar-refractivity contribution is 6.52. The second-order valence-corrected chi connectivity index (χ2v) is 8.22. The number of para-hydroxylation sites is 1. The maximum absolute atomic E-state index is 13.6. The van der Waals surface area contributed by atoms with E-state index in [0.717, 1.165) is 16.8 Å². The molecule has 8 heteroatoms. The van der Waals surface area contributed by atoms with Gasteiger partial charge in [0.25, 0.3) is 17.6 Å². The number of ketones is 1. The van der Waals surface area contributed by atoms with Gasteiger partial charge in [-0.15, -0.1) is 0 Å². The van der Waals surface area contributed by atoms with Crippen LogP contribution in [0.5, 0.6) is 11.5 Å². The molecule has 0 fully saturated rings. The van der Waals surface area contributed by atoms with Crippen LogP contribution in [0.25, 0.3) is 0 Å². The van der Waals surface area contributed by atoms with E-state index in [4.69, 9.17) is 9.47 Å². The van der Waals surface area contributed by atoms with Crippen LogP contribution in [0.4, 0.5) is 5.69 Å². The number of methoxy groups -OCH3 is 2. The summed E-state index contributed by atoms with van der Waals surface area (Å²) in [7, 11) is 3.12. The highest BCUT2D eigenvalue weighted by Gasteiger charge is 2.40. The van der Waals surface area contributed by atoms with E-state index in [-0.39, 0.29) is 6.54 Å². The van der Waals surface area contributed by atoms with Crippen LogP contribution < -0.4 is 14.4 Å². The van der Waals surface area contributed by atoms with Crippen molar-refractivity contribution in [1.82, 2.24) is 5.01 Å². The molecule has 8 nitrogen and oxygen atoms in total. The number of anilines is 1. The molecular weight excluding hydrogens is 446 g/mol. The molecule has 0 aromatic heterocycles. The average molecular weight is 469 g/mol. The van der Waals surface area contributed by atoms with Crippen LogP contribution in [0.1, 0.15) is 33.9 Å². The molecule has 0 radical (unpaired) electrons. The molecule has 1 unspecified atom stereocenters. The molecule has 0 saturated carbocycles. The molecule has 176 valence electrons. The summed E-state index contributed by atoms with van der Waals surface area (Å²) in [6.07, 6.45) is 0.481. The van der Waals surface area contributed by atoms with Crippen molar-refractivity contribution in [2.45, 2.75) is 12.5 Å². The molecule has 0 N–H and O–H groups in total. The number of hydrogen-bond acceptors (Lipinski definition) is 6. The van der Waals surface area contributed by atoms with E-state index in [1.54, 1.807) is 44.6 Å². The predicted octanol–water partition coefficient (Wildman–Crippen LogP) is 3.61. The Balaban J connectivity index is 1.49. The van der Waals surface area contributed by atoms with Crippen LogP contribution in [0.15, 0.2) is 77.9 Å². The quantitative estimate of drug-likeness (QED) is 0.515. The van der Waals surface area contributed by atoms with E-state index in [0.29, 0.717) is 29.2 Å². The Bertz CT molecular complexity index is 1350. The molecule has 0 saturated heterocycles. The minimum Gasteiger partial charge on any atom is -0.493 e. The Morgan fingerprint density at radius 2 is 1.66 bits per heavy atom. The van der Waals surface area contributed by atoms with Crippen molar-refractivity contribution in [2.75, 3.05) is 25.7 Å². The van der Waals surface area contributed by atoms with Crippen molar-refractivity contribution in [3.05, 3.63) is 89.5 Å². The van der Waals surface area contributed by atoms with Crippen molar-refractivity contribution in [2.24, 2.45) is 5.10 Å². The maximum atomic E-state index is 13.6. The monoisotopic (exact) mass is 469 g/mol. The third-order valence-corrected chi connectivity index (χ3v) is 6.24. The van der Waals surface area contributed by atoms with Crippen molar-refractivity contribution in [3.8, 4) is 11.5 Å². The Morgan fingerprint density at radius 1 is 0.943 bits per heavy atom. The molecule has 5 rings (SSSR count). The summed E-state index contributed by atoms with van der Waals surface area (Å²) in [6.45, 7) is -0.295. The van der Waals surface area contributed by atoms with Crippen LogP contribution in [0.2, 0.25) is 0 Å².